The first-order valence-corrected chi connectivity index (χ1v) is 48.0. The summed E-state index contributed by atoms with van der Waals surface area (Å²) >= 11 is 0. The van der Waals surface area contributed by atoms with Gasteiger partial charge < -0.3 is 299 Å². The molecule has 12 rings (SSSR count). The van der Waals surface area contributed by atoms with Crippen molar-refractivity contribution in [2.24, 2.45) is 0 Å². The molecule has 0 aromatic carbocycles. The van der Waals surface area contributed by atoms with Gasteiger partial charge in [0.1, 0.15) is 287 Å². The van der Waals surface area contributed by atoms with Crippen molar-refractivity contribution in [3.8, 4) is 0 Å². The molecular weight excluding hydrogens is 2050 g/mol. The van der Waals surface area contributed by atoms with E-state index in [9.17, 15) is 187 Å². The summed E-state index contributed by atoms with van der Waals surface area (Å²) in [5, 5.41) is 366. The number of hydrogen-bond acceptors (Lipinski definition) is 60. The molecule has 0 saturated carbocycles. The quantitative estimate of drug-likeness (QED) is 0.0272. The molecule has 0 radical (unpaired) electrons. The van der Waals surface area contributed by atoms with E-state index >= 15 is 0 Å². The molecule has 37 N–H and O–H groups in total. The van der Waals surface area contributed by atoms with Gasteiger partial charge in [-0.2, -0.15) is 0 Å². The fourth-order valence-corrected chi connectivity index (χ4v) is 19.5. The Morgan fingerprint density at radius 1 is 0.187 bits per heavy atom. The number of ether oxygens (including phenoxy) is 23. The van der Waals surface area contributed by atoms with Gasteiger partial charge in [0, 0.05) is 41.5 Å². The largest absolute Gasteiger partial charge is 0.394 e. The molecule has 1 unspecified atom stereocenters. The molecule has 0 aliphatic carbocycles. The summed E-state index contributed by atoms with van der Waals surface area (Å²) in [6.45, 7) is -5.92. The summed E-state index contributed by atoms with van der Waals surface area (Å²) in [5.41, 5.74) is 0. The van der Waals surface area contributed by atoms with Crippen molar-refractivity contribution in [2.45, 2.75) is 417 Å². The minimum Gasteiger partial charge on any atom is -0.394 e. The van der Waals surface area contributed by atoms with Crippen molar-refractivity contribution < 1.29 is 296 Å². The lowest BCUT2D eigenvalue weighted by molar-refractivity contribution is -0.399. The molecule has 12 heterocycles. The van der Waals surface area contributed by atoms with E-state index in [-0.39, 0.29) is 0 Å². The zero-order chi connectivity index (χ0) is 110. The van der Waals surface area contributed by atoms with Gasteiger partial charge in [-0.1, -0.05) is 0 Å². The SMILES string of the molecule is CC(=O)N[C@H]1[C@H](O[C@H]2[C@H](O)[C@@H](NC(C)=O)C(O)O[C@@H]2CO[C@@H]2O[C@@H](C)[C@@H](O)[C@@H](O)[C@@H]2O)O[C@H](CO)[C@@H](O[C@@H]2O[C@H](CO[C@H]3O[C@H](CO[C@@H]4O[C@H](CO)[C@@H](O[C@@H]5O[C@H](CO)[C@H](O)[C@H](O)[C@H]5NC(C)=O)[C@@H](O)[C@H]4NC(C)=O)[C@@H](O)[C@H](O)[C@@H]3O[C@@H]3O[C@H](CO)[C@@H](O[C@@H]4O[C@H](CO)[C@H](O)[C@H](O)[C@H]4O)[C@H](O)[C@H]3NC(C)=O)[C@@H](O)[C@H](O[C@H]3O[C@H](CO)[C@@H](O)[C@H](O)[C@@H]3O[C@@H]3O[C@H](CO)[C@@H](O[C@@H]4O[C@H](CO)[C@H](O)[C@H](O)[C@H]4O)[C@H](O)[C@H]3NC(C)=O)[C@@H]2O)[C@@H]1O. The van der Waals surface area contributed by atoms with Gasteiger partial charge in [-0.25, -0.2) is 0 Å². The lowest BCUT2D eigenvalue weighted by atomic mass is 9.93. The maximum atomic E-state index is 13.5. The Morgan fingerprint density at radius 3 is 0.807 bits per heavy atom. The summed E-state index contributed by atoms with van der Waals surface area (Å²) < 4.78 is 139. The number of hydrogen-bond donors (Lipinski definition) is 37. The second-order valence-corrected chi connectivity index (χ2v) is 38.1. The van der Waals surface area contributed by atoms with Crippen molar-refractivity contribution in [1.29, 1.82) is 0 Å². The van der Waals surface area contributed by atoms with Gasteiger partial charge in [-0.15, -0.1) is 0 Å². The van der Waals surface area contributed by atoms with Crippen LogP contribution in [-0.2, 0) is 138 Å². The third-order valence-corrected chi connectivity index (χ3v) is 27.4. The Morgan fingerprint density at radius 2 is 0.420 bits per heavy atom. The van der Waals surface area contributed by atoms with Gasteiger partial charge in [-0.05, 0) is 6.92 Å². The predicted octanol–water partition coefficient (Wildman–Crippen LogP) is -25.3. The van der Waals surface area contributed by atoms with Crippen molar-refractivity contribution in [3.05, 3.63) is 0 Å². The molecule has 60 atom stereocenters. The number of amides is 6. The van der Waals surface area contributed by atoms with Crippen molar-refractivity contribution >= 4 is 35.4 Å². The van der Waals surface area contributed by atoms with Crippen LogP contribution in [0.4, 0.5) is 0 Å². The maximum absolute atomic E-state index is 13.5. The van der Waals surface area contributed by atoms with Gasteiger partial charge in [0.15, 0.2) is 75.5 Å². The van der Waals surface area contributed by atoms with E-state index in [1.165, 1.54) is 6.92 Å². The van der Waals surface area contributed by atoms with Crippen LogP contribution in [-0.4, -0.2) is 635 Å². The third kappa shape index (κ3) is 27.7. The topological polar surface area (TPSA) is 1010 Å². The number of carbonyl (C=O) groups excluding carboxylic acids is 6. The summed E-state index contributed by atoms with van der Waals surface area (Å²) in [4.78, 5) is 78.3. The number of carbonyl (C=O) groups is 6. The van der Waals surface area contributed by atoms with Gasteiger partial charge in [-0.3, -0.25) is 28.8 Å². The van der Waals surface area contributed by atoms with Crippen LogP contribution in [0.25, 0.3) is 0 Å². The minimum atomic E-state index is -2.76. The fourth-order valence-electron chi connectivity index (χ4n) is 19.5. The molecule has 0 bridgehead atoms. The van der Waals surface area contributed by atoms with Crippen molar-refractivity contribution in [1.82, 2.24) is 31.9 Å². The number of aliphatic hydroxyl groups excluding tert-OH is 31. The molecule has 150 heavy (non-hydrogen) atoms. The van der Waals surface area contributed by atoms with Crippen LogP contribution < -0.4 is 31.9 Å². The third-order valence-electron chi connectivity index (χ3n) is 27.4. The predicted molar refractivity (Wildman–Crippen MR) is 463 cm³/mol. The first kappa shape index (κ1) is 123. The average Bonchev–Trinajstić information content (AvgIpc) is 0.764. The Labute approximate surface area is 849 Å². The monoisotopic (exact) mass is 2190 g/mol. The minimum absolute atomic E-state index is 0.833. The molecule has 0 aromatic heterocycles. The number of rotatable bonds is 39. The summed E-state index contributed by atoms with van der Waals surface area (Å²) in [6, 6.07) is -11.7. The number of aliphatic hydroxyl groups is 31. The zero-order valence-electron chi connectivity index (χ0n) is 81.1. The Kier molecular flexibility index (Phi) is 44.4. The zero-order valence-corrected chi connectivity index (χ0v) is 81.1. The molecule has 12 saturated heterocycles. The molecule has 6 amide bonds. The lowest BCUT2D eigenvalue weighted by Gasteiger charge is -2.51. The highest BCUT2D eigenvalue weighted by molar-refractivity contribution is 5.75. The second-order valence-electron chi connectivity index (χ2n) is 38.1. The highest BCUT2D eigenvalue weighted by Crippen LogP contribution is 2.43. The number of nitrogens with one attached hydrogen (secondary N) is 6. The first-order chi connectivity index (χ1) is 70.9. The van der Waals surface area contributed by atoms with E-state index in [2.05, 4.69) is 31.9 Å². The van der Waals surface area contributed by atoms with E-state index in [1.807, 2.05) is 0 Å². The molecule has 66 nitrogen and oxygen atoms in total. The highest BCUT2D eigenvalue weighted by Gasteiger charge is 2.64. The standard InChI is InChI=1S/C84H140N6O60/c1-19-43(105)56(118)61(123)79(131-19)129-18-36-69(51(113)37(73(127)132-36)85-20(2)99)144-76-40(88-23(5)102)53(115)68(33(15-98)138-76)147-82-64(126)70(148-84-72(59(121)47(109)29(11-94)136-84)150-78-42(90-25(7)104)55(117)67(32(14-97)140-78)146-81-63(125)58(120)46(108)28(10-93)135-81)49(111)35(141-82)17-130-83-71(149-77-41(89-24(6)103)54(116)66(31(13-96)139-77)145-80-62(124)57(119)45(107)27(9-92)134-80)60(122)48(110)34(142-83)16-128-74-39(87-22(4)101)52(114)65(30(12-95)137-74)143-75-38(86-21(3)100)50(112)44(106)26(8-91)133-75/h19,26-84,91-98,105-127H,8-18H2,1-7H3,(H,85,99)(H,86,100)(H,87,101)(H,88,102)(H,89,103)(H,90,104)/t19-,26+,27+,28+,29+,30+,31+,32+,33+,34+,35+,36+,37+,38+,39+,40+,41+,42+,43+,44-,45-,46-,47+,48+,49+,50+,51+,52-,53+,54+,55+,56+,57-,58-,59-,60-,61-,62+,63+,64-,65+,66+,67+,68+,69+,70-,71-,72-,73?,74+,75-,76-,77-,78-,79+,80-,81-,82-,83-,84+/m0/s1. The lowest BCUT2D eigenvalue weighted by Crippen LogP contribution is -2.71. The van der Waals surface area contributed by atoms with Crippen LogP contribution in [0.5, 0.6) is 0 Å². The van der Waals surface area contributed by atoms with Crippen LogP contribution in [0.3, 0.4) is 0 Å². The Hall–Kier alpha value is -5.34. The normalized spacial score (nSPS) is 48.8. The smallest absolute Gasteiger partial charge is 0.217 e. The Bertz CT molecular complexity index is 4250. The van der Waals surface area contributed by atoms with Gasteiger partial charge >= 0.3 is 0 Å². The van der Waals surface area contributed by atoms with E-state index in [4.69, 9.17) is 109 Å². The fraction of sp³-hybridized carbons (Fsp3) is 0.929. The molecule has 12 fully saturated rings. The molecule has 0 aromatic rings. The first-order valence-electron chi connectivity index (χ1n) is 48.0. The molecular formula is C84H140N6O60. The Balaban J connectivity index is 0.917. The van der Waals surface area contributed by atoms with E-state index in [0.29, 0.717) is 0 Å². The van der Waals surface area contributed by atoms with E-state index < -0.39 is 476 Å². The summed E-state index contributed by atoms with van der Waals surface area (Å²) in [7, 11) is 0. The highest BCUT2D eigenvalue weighted by atomic mass is 16.8. The van der Waals surface area contributed by atoms with E-state index in [0.717, 1.165) is 41.5 Å². The second kappa shape index (κ2) is 54.0. The van der Waals surface area contributed by atoms with Crippen molar-refractivity contribution in [3.63, 3.8) is 0 Å². The van der Waals surface area contributed by atoms with Crippen LogP contribution in [0.15, 0.2) is 0 Å². The van der Waals surface area contributed by atoms with E-state index in [1.54, 1.807) is 0 Å². The van der Waals surface area contributed by atoms with Gasteiger partial charge in [0.25, 0.3) is 0 Å². The summed E-state index contributed by atoms with van der Waals surface area (Å²) in [5.74, 6) is -5.79. The molecule has 66 heteroatoms. The van der Waals surface area contributed by atoms with Crippen LogP contribution >= 0.6 is 0 Å². The van der Waals surface area contributed by atoms with Crippen LogP contribution in [0.1, 0.15) is 48.5 Å². The summed E-state index contributed by atoms with van der Waals surface area (Å²) in [6.07, 6.45) is -116. The molecule has 0 spiro atoms. The van der Waals surface area contributed by atoms with Gasteiger partial charge in [0.2, 0.25) is 35.4 Å². The molecule has 866 valence electrons. The molecule has 12 aliphatic rings. The average molecular weight is 2190 g/mol. The van der Waals surface area contributed by atoms with Gasteiger partial charge in [0.05, 0.1) is 78.8 Å². The molecule has 12 aliphatic heterocycles. The van der Waals surface area contributed by atoms with Crippen LogP contribution in [0, 0.1) is 0 Å². The van der Waals surface area contributed by atoms with Crippen LogP contribution in [0.2, 0.25) is 0 Å². The van der Waals surface area contributed by atoms with Crippen molar-refractivity contribution in [2.75, 3.05) is 72.7 Å². The maximum Gasteiger partial charge on any atom is 0.217 e.